The van der Waals surface area contributed by atoms with Gasteiger partial charge in [-0.3, -0.25) is 0 Å². The van der Waals surface area contributed by atoms with Crippen molar-refractivity contribution < 1.29 is 4.39 Å². The highest BCUT2D eigenvalue weighted by Gasteiger charge is 2.55. The van der Waals surface area contributed by atoms with Crippen LogP contribution < -0.4 is 0 Å². The van der Waals surface area contributed by atoms with Crippen LogP contribution in [0, 0.1) is 37.4 Å². The second-order valence-electron chi connectivity index (χ2n) is 5.71. The number of halogens is 2. The molecule has 0 aliphatic heterocycles. The number of alkyl halides is 1. The summed E-state index contributed by atoms with van der Waals surface area (Å²) in [5.74, 6) is 2.26. The van der Waals surface area contributed by atoms with Crippen molar-refractivity contribution in [3.05, 3.63) is 34.6 Å². The van der Waals surface area contributed by atoms with Crippen LogP contribution in [0.25, 0.3) is 0 Å². The van der Waals surface area contributed by atoms with E-state index in [0.717, 1.165) is 28.5 Å². The molecular weight excluding hydrogens is 235 g/mol. The zero-order chi connectivity index (χ0) is 12.2. The highest BCUT2D eigenvalue weighted by Crippen LogP contribution is 2.63. The Morgan fingerprint density at radius 2 is 1.71 bits per heavy atom. The summed E-state index contributed by atoms with van der Waals surface area (Å²) in [4.78, 5) is 0. The fourth-order valence-electron chi connectivity index (χ4n) is 3.67. The fraction of sp³-hybridized carbons (Fsp3) is 0.600. The van der Waals surface area contributed by atoms with Gasteiger partial charge >= 0.3 is 0 Å². The van der Waals surface area contributed by atoms with Crippen molar-refractivity contribution in [1.82, 2.24) is 0 Å². The number of aryl methyl sites for hydroxylation is 2. The molecule has 92 valence electrons. The molecular formula is C15H18ClF. The lowest BCUT2D eigenvalue weighted by atomic mass is 9.98. The van der Waals surface area contributed by atoms with Crippen molar-refractivity contribution in [1.29, 1.82) is 0 Å². The van der Waals surface area contributed by atoms with E-state index >= 15 is 0 Å². The molecule has 0 N–H and O–H groups in total. The molecule has 2 saturated carbocycles. The molecule has 0 amide bonds. The summed E-state index contributed by atoms with van der Waals surface area (Å²) in [5, 5.41) is 0.0864. The van der Waals surface area contributed by atoms with Crippen LogP contribution in [0.3, 0.4) is 0 Å². The molecule has 0 spiro atoms. The van der Waals surface area contributed by atoms with Gasteiger partial charge in [-0.25, -0.2) is 4.39 Å². The van der Waals surface area contributed by atoms with E-state index in [2.05, 4.69) is 0 Å². The van der Waals surface area contributed by atoms with E-state index in [1.807, 2.05) is 26.0 Å². The molecule has 0 saturated heterocycles. The summed E-state index contributed by atoms with van der Waals surface area (Å²) in [6.45, 7) is 3.65. The third-order valence-electron chi connectivity index (χ3n) is 4.59. The van der Waals surface area contributed by atoms with Crippen molar-refractivity contribution >= 4 is 11.6 Å². The van der Waals surface area contributed by atoms with Crippen LogP contribution in [0.1, 0.15) is 41.3 Å². The topological polar surface area (TPSA) is 0 Å². The van der Waals surface area contributed by atoms with E-state index in [1.165, 1.54) is 19.3 Å². The number of fused-ring (bicyclic) bond motifs is 1. The molecule has 2 heteroatoms. The second-order valence-corrected chi connectivity index (χ2v) is 6.18. The van der Waals surface area contributed by atoms with Crippen LogP contribution in [0.4, 0.5) is 4.39 Å². The van der Waals surface area contributed by atoms with Gasteiger partial charge in [0.15, 0.2) is 0 Å². The Bertz CT molecular complexity index is 421. The van der Waals surface area contributed by atoms with E-state index < -0.39 is 0 Å². The lowest BCUT2D eigenvalue weighted by Gasteiger charge is -2.14. The van der Waals surface area contributed by atoms with Crippen molar-refractivity contribution in [2.45, 2.75) is 38.5 Å². The van der Waals surface area contributed by atoms with Crippen molar-refractivity contribution in [2.75, 3.05) is 0 Å². The Kier molecular flexibility index (Phi) is 2.70. The van der Waals surface area contributed by atoms with Crippen LogP contribution in [0.15, 0.2) is 12.1 Å². The zero-order valence-electron chi connectivity index (χ0n) is 10.3. The quantitative estimate of drug-likeness (QED) is 0.665. The minimum Gasteiger partial charge on any atom is -0.206 e. The Morgan fingerprint density at radius 1 is 1.18 bits per heavy atom. The Balaban J connectivity index is 1.85. The largest absolute Gasteiger partial charge is 0.206 e. The summed E-state index contributed by atoms with van der Waals surface area (Å²) in [5.41, 5.74) is 2.55. The molecule has 0 radical (unpaired) electrons. The summed E-state index contributed by atoms with van der Waals surface area (Å²) in [7, 11) is 0. The van der Waals surface area contributed by atoms with Gasteiger partial charge in [-0.05, 0) is 61.1 Å². The van der Waals surface area contributed by atoms with Gasteiger partial charge in [-0.2, -0.15) is 0 Å². The van der Waals surface area contributed by atoms with Crippen LogP contribution >= 0.6 is 11.6 Å². The molecule has 2 aliphatic carbocycles. The maximum atomic E-state index is 13.6. The Hall–Kier alpha value is -0.560. The number of hydrogen-bond acceptors (Lipinski definition) is 0. The van der Waals surface area contributed by atoms with Crippen molar-refractivity contribution in [3.8, 4) is 0 Å². The molecule has 0 nitrogen and oxygen atoms in total. The molecule has 0 aromatic heterocycles. The number of benzene rings is 1. The first-order chi connectivity index (χ1) is 8.09. The smallest absolute Gasteiger partial charge is 0.129 e. The minimum atomic E-state index is -0.0893. The van der Waals surface area contributed by atoms with E-state index in [-0.39, 0.29) is 11.2 Å². The molecule has 1 aromatic rings. The third-order valence-corrected chi connectivity index (χ3v) is 5.13. The summed E-state index contributed by atoms with van der Waals surface area (Å²) < 4.78 is 13.6. The van der Waals surface area contributed by atoms with Crippen molar-refractivity contribution in [3.63, 3.8) is 0 Å². The van der Waals surface area contributed by atoms with Crippen molar-refractivity contribution in [2.24, 2.45) is 17.8 Å². The Morgan fingerprint density at radius 3 is 2.24 bits per heavy atom. The first-order valence-electron chi connectivity index (χ1n) is 6.50. The molecule has 3 atom stereocenters. The van der Waals surface area contributed by atoms with Gasteiger partial charge in [0.1, 0.15) is 5.82 Å². The highest BCUT2D eigenvalue weighted by atomic mass is 35.5. The van der Waals surface area contributed by atoms with E-state index in [9.17, 15) is 4.39 Å². The van der Waals surface area contributed by atoms with Gasteiger partial charge in [-0.15, -0.1) is 11.6 Å². The first kappa shape index (κ1) is 11.5. The van der Waals surface area contributed by atoms with Gasteiger partial charge < -0.3 is 0 Å². The monoisotopic (exact) mass is 252 g/mol. The predicted octanol–water partition coefficient (Wildman–Crippen LogP) is 4.77. The van der Waals surface area contributed by atoms with E-state index in [0.29, 0.717) is 5.92 Å². The maximum absolute atomic E-state index is 13.6. The molecule has 17 heavy (non-hydrogen) atoms. The summed E-state index contributed by atoms with van der Waals surface area (Å²) in [6, 6.07) is 3.85. The predicted molar refractivity (Wildman–Crippen MR) is 68.8 cm³/mol. The maximum Gasteiger partial charge on any atom is 0.129 e. The lowest BCUT2D eigenvalue weighted by Crippen LogP contribution is -2.01. The lowest BCUT2D eigenvalue weighted by molar-refractivity contribution is 0.570. The first-order valence-corrected chi connectivity index (χ1v) is 6.94. The van der Waals surface area contributed by atoms with Crippen LogP contribution in [0.2, 0.25) is 0 Å². The third kappa shape index (κ3) is 1.79. The fourth-order valence-corrected chi connectivity index (χ4v) is 4.17. The van der Waals surface area contributed by atoms with E-state index in [4.69, 9.17) is 11.6 Å². The molecule has 0 bridgehead atoms. The van der Waals surface area contributed by atoms with Gasteiger partial charge in [0.05, 0.1) is 5.38 Å². The van der Waals surface area contributed by atoms with Crippen LogP contribution in [-0.4, -0.2) is 0 Å². The van der Waals surface area contributed by atoms with Crippen LogP contribution in [0.5, 0.6) is 0 Å². The van der Waals surface area contributed by atoms with Gasteiger partial charge in [0.2, 0.25) is 0 Å². The summed E-state index contributed by atoms with van der Waals surface area (Å²) >= 11 is 6.58. The highest BCUT2D eigenvalue weighted by molar-refractivity contribution is 6.21. The second kappa shape index (κ2) is 3.98. The van der Waals surface area contributed by atoms with Crippen LogP contribution in [-0.2, 0) is 0 Å². The number of hydrogen-bond donors (Lipinski definition) is 0. The normalized spacial score (nSPS) is 32.4. The molecule has 2 fully saturated rings. The summed E-state index contributed by atoms with van der Waals surface area (Å²) in [6.07, 6.45) is 4.06. The van der Waals surface area contributed by atoms with Gasteiger partial charge in [0.25, 0.3) is 0 Å². The average Bonchev–Trinajstić information content (AvgIpc) is 2.77. The molecule has 2 aliphatic rings. The SMILES string of the molecule is Cc1cc(C(Cl)C2C3CCCC32)cc(C)c1F. The molecule has 3 rings (SSSR count). The average molecular weight is 253 g/mol. The van der Waals surface area contributed by atoms with Gasteiger partial charge in [0, 0.05) is 0 Å². The van der Waals surface area contributed by atoms with E-state index in [1.54, 1.807) is 0 Å². The molecule has 3 unspecified atom stereocenters. The zero-order valence-corrected chi connectivity index (χ0v) is 11.1. The molecule has 0 heterocycles. The Labute approximate surface area is 107 Å². The van der Waals surface area contributed by atoms with Gasteiger partial charge in [-0.1, -0.05) is 18.6 Å². The number of rotatable bonds is 2. The standard InChI is InChI=1S/C15H18ClF/c1-8-6-10(7-9(2)15(8)17)14(16)13-11-4-3-5-12(11)13/h6-7,11-14H,3-5H2,1-2H3. The molecule has 1 aromatic carbocycles. The minimum absolute atomic E-state index is 0.0864.